The Kier molecular flexibility index (Phi) is 3.43. The Labute approximate surface area is 136 Å². The molecule has 23 heavy (non-hydrogen) atoms. The minimum Gasteiger partial charge on any atom is -0.245 e. The molecule has 0 spiro atoms. The van der Waals surface area contributed by atoms with E-state index in [9.17, 15) is 0 Å². The van der Waals surface area contributed by atoms with Crippen LogP contribution in [0.5, 0.6) is 0 Å². The molecule has 7 nitrogen and oxygen atoms in total. The van der Waals surface area contributed by atoms with Gasteiger partial charge in [0.15, 0.2) is 0 Å². The first kappa shape index (κ1) is 13.8. The lowest BCUT2D eigenvalue weighted by molar-refractivity contribution is 0.543. The molecule has 0 N–H and O–H groups in total. The second-order valence-electron chi connectivity index (χ2n) is 5.03. The maximum absolute atomic E-state index is 4.26. The van der Waals surface area contributed by atoms with Gasteiger partial charge in [0.1, 0.15) is 23.4 Å². The Bertz CT molecular complexity index is 878. The maximum Gasteiger partial charge on any atom is 0.145 e. The molecule has 4 aromatic rings. The van der Waals surface area contributed by atoms with E-state index in [1.807, 2.05) is 28.4 Å². The largest absolute Gasteiger partial charge is 0.245 e. The van der Waals surface area contributed by atoms with E-state index in [2.05, 4.69) is 44.4 Å². The fraction of sp³-hybridized carbons (Fsp3) is 0.133. The van der Waals surface area contributed by atoms with Crippen LogP contribution in [-0.4, -0.2) is 34.7 Å². The molecule has 1 atom stereocenters. The summed E-state index contributed by atoms with van der Waals surface area (Å²) in [6.07, 6.45) is 6.89. The van der Waals surface area contributed by atoms with Crippen LogP contribution in [0.2, 0.25) is 0 Å². The summed E-state index contributed by atoms with van der Waals surface area (Å²) < 4.78 is 3.58. The van der Waals surface area contributed by atoms with Gasteiger partial charge in [0.05, 0.1) is 17.9 Å². The molecule has 3 aromatic heterocycles. The lowest BCUT2D eigenvalue weighted by Gasteiger charge is -2.12. The molecule has 0 saturated heterocycles. The van der Waals surface area contributed by atoms with E-state index in [1.54, 1.807) is 28.5 Å². The number of nitrogens with zero attached hydrogens (tertiary/aromatic N) is 7. The van der Waals surface area contributed by atoms with Crippen molar-refractivity contribution in [1.82, 2.24) is 34.7 Å². The fourth-order valence-corrected chi connectivity index (χ4v) is 2.90. The number of hydrogen-bond donors (Lipinski definition) is 0. The van der Waals surface area contributed by atoms with Gasteiger partial charge < -0.3 is 0 Å². The number of thiazole rings is 1. The molecule has 8 heteroatoms. The Balaban J connectivity index is 1.58. The van der Waals surface area contributed by atoms with Crippen molar-refractivity contribution in [3.05, 3.63) is 60.3 Å². The summed E-state index contributed by atoms with van der Waals surface area (Å²) in [7, 11) is 0. The van der Waals surface area contributed by atoms with Gasteiger partial charge in [0.2, 0.25) is 0 Å². The van der Waals surface area contributed by atoms with Crippen LogP contribution >= 0.6 is 11.3 Å². The zero-order chi connectivity index (χ0) is 15.6. The van der Waals surface area contributed by atoms with Crippen LogP contribution < -0.4 is 0 Å². The molecular weight excluding hydrogens is 310 g/mol. The average molecular weight is 323 g/mol. The number of hydrogen-bond acceptors (Lipinski definition) is 6. The van der Waals surface area contributed by atoms with Crippen molar-refractivity contribution < 1.29 is 0 Å². The van der Waals surface area contributed by atoms with Crippen molar-refractivity contribution in [2.45, 2.75) is 13.0 Å². The fourth-order valence-electron chi connectivity index (χ4n) is 2.31. The van der Waals surface area contributed by atoms with Gasteiger partial charge in [-0.25, -0.2) is 19.3 Å². The summed E-state index contributed by atoms with van der Waals surface area (Å²) in [4.78, 5) is 8.21. The predicted molar refractivity (Wildman–Crippen MR) is 86.3 cm³/mol. The topological polar surface area (TPSA) is 74.3 Å². The van der Waals surface area contributed by atoms with E-state index < -0.39 is 0 Å². The second kappa shape index (κ2) is 5.73. The van der Waals surface area contributed by atoms with Gasteiger partial charge in [0, 0.05) is 11.6 Å². The molecule has 114 valence electrons. The van der Waals surface area contributed by atoms with E-state index in [1.165, 1.54) is 6.33 Å². The molecular formula is C15H13N7S. The minimum atomic E-state index is 0.0843. The molecule has 0 bridgehead atoms. The quantitative estimate of drug-likeness (QED) is 0.577. The highest BCUT2D eigenvalue weighted by molar-refractivity contribution is 7.13. The van der Waals surface area contributed by atoms with E-state index >= 15 is 0 Å². The number of aromatic nitrogens is 7. The van der Waals surface area contributed by atoms with Crippen LogP contribution in [-0.2, 0) is 0 Å². The van der Waals surface area contributed by atoms with Crippen LogP contribution in [0.3, 0.4) is 0 Å². The van der Waals surface area contributed by atoms with E-state index in [0.717, 1.165) is 22.0 Å². The summed E-state index contributed by atoms with van der Waals surface area (Å²) in [5, 5.41) is 15.4. The summed E-state index contributed by atoms with van der Waals surface area (Å²) in [6, 6.07) is 8.23. The highest BCUT2D eigenvalue weighted by Gasteiger charge is 2.12. The van der Waals surface area contributed by atoms with Crippen LogP contribution in [0.25, 0.3) is 16.4 Å². The normalized spacial score (nSPS) is 12.4. The zero-order valence-electron chi connectivity index (χ0n) is 12.3. The Morgan fingerprint density at radius 2 is 2.04 bits per heavy atom. The van der Waals surface area contributed by atoms with Crippen LogP contribution in [0.1, 0.15) is 18.5 Å². The van der Waals surface area contributed by atoms with Gasteiger partial charge in [-0.1, -0.05) is 17.3 Å². The summed E-state index contributed by atoms with van der Waals surface area (Å²) in [5.74, 6) is 0. The average Bonchev–Trinajstić information content (AvgIpc) is 3.36. The Morgan fingerprint density at radius 3 is 2.74 bits per heavy atom. The van der Waals surface area contributed by atoms with Gasteiger partial charge >= 0.3 is 0 Å². The van der Waals surface area contributed by atoms with Crippen LogP contribution in [0.4, 0.5) is 0 Å². The smallest absolute Gasteiger partial charge is 0.145 e. The minimum absolute atomic E-state index is 0.0843. The van der Waals surface area contributed by atoms with E-state index in [4.69, 9.17) is 0 Å². The lowest BCUT2D eigenvalue weighted by atomic mass is 10.1. The Morgan fingerprint density at radius 1 is 1.17 bits per heavy atom. The van der Waals surface area contributed by atoms with Crippen LogP contribution in [0, 0.1) is 0 Å². The van der Waals surface area contributed by atoms with Gasteiger partial charge in [-0.3, -0.25) is 0 Å². The third kappa shape index (κ3) is 2.64. The molecule has 1 unspecified atom stereocenters. The van der Waals surface area contributed by atoms with Crippen molar-refractivity contribution in [2.75, 3.05) is 0 Å². The highest BCUT2D eigenvalue weighted by Crippen LogP contribution is 2.23. The standard InChI is InChI=1S/C15H13N7S/c1-11(21-8-14(19-20-21)15-17-6-7-23-15)12-2-4-13(5-3-12)22-10-16-9-18-22/h2-11H,1H3. The number of rotatable bonds is 4. The molecule has 3 heterocycles. The molecule has 1 aromatic carbocycles. The molecule has 0 aliphatic heterocycles. The molecule has 0 fully saturated rings. The monoisotopic (exact) mass is 323 g/mol. The summed E-state index contributed by atoms with van der Waals surface area (Å²) >= 11 is 1.55. The zero-order valence-corrected chi connectivity index (χ0v) is 13.1. The Hall–Kier alpha value is -2.87. The van der Waals surface area contributed by atoms with Crippen molar-refractivity contribution >= 4 is 11.3 Å². The molecule has 0 saturated carbocycles. The third-order valence-corrected chi connectivity index (χ3v) is 4.41. The second-order valence-corrected chi connectivity index (χ2v) is 5.92. The molecule has 0 aliphatic carbocycles. The van der Waals surface area contributed by atoms with Crippen molar-refractivity contribution in [3.8, 4) is 16.4 Å². The maximum atomic E-state index is 4.26. The van der Waals surface area contributed by atoms with Crippen molar-refractivity contribution in [2.24, 2.45) is 0 Å². The molecule has 0 radical (unpaired) electrons. The first-order chi connectivity index (χ1) is 11.3. The SMILES string of the molecule is CC(c1ccc(-n2cncn2)cc1)n1cc(-c2nccs2)nn1. The van der Waals surface area contributed by atoms with Gasteiger partial charge in [-0.15, -0.1) is 16.4 Å². The van der Waals surface area contributed by atoms with E-state index in [0.29, 0.717) is 0 Å². The van der Waals surface area contributed by atoms with Gasteiger partial charge in [-0.05, 0) is 24.6 Å². The van der Waals surface area contributed by atoms with Crippen LogP contribution in [0.15, 0.2) is 54.7 Å². The van der Waals surface area contributed by atoms with Crippen molar-refractivity contribution in [1.29, 1.82) is 0 Å². The predicted octanol–water partition coefficient (Wildman–Crippen LogP) is 2.59. The highest BCUT2D eigenvalue weighted by atomic mass is 32.1. The van der Waals surface area contributed by atoms with Gasteiger partial charge in [0.25, 0.3) is 0 Å². The number of benzene rings is 1. The summed E-state index contributed by atoms with van der Waals surface area (Å²) in [5.41, 5.74) is 2.91. The molecule has 0 aliphatic rings. The van der Waals surface area contributed by atoms with E-state index in [-0.39, 0.29) is 6.04 Å². The lowest BCUT2D eigenvalue weighted by Crippen LogP contribution is -2.07. The van der Waals surface area contributed by atoms with Crippen molar-refractivity contribution in [3.63, 3.8) is 0 Å². The molecule has 4 rings (SSSR count). The first-order valence-electron chi connectivity index (χ1n) is 7.08. The summed E-state index contributed by atoms with van der Waals surface area (Å²) in [6.45, 7) is 2.09. The first-order valence-corrected chi connectivity index (χ1v) is 7.96. The molecule has 0 amide bonds. The third-order valence-electron chi connectivity index (χ3n) is 3.62. The van der Waals surface area contributed by atoms with Gasteiger partial charge in [-0.2, -0.15) is 5.10 Å².